The standard InChI is InChI=1S/C9H12O.C5H8O2.C4H6/c1-2-9(10)8-6-4-3-5-7-8;1-4(2)5(6)7-3;1-3-4-2/h3-7,9-10H,2H2,1H3;1H2,2-3H3;3-4H,1-2H2. The lowest BCUT2D eigenvalue weighted by Crippen LogP contribution is -1.98. The zero-order valence-electron chi connectivity index (χ0n) is 13.2. The number of aliphatic hydroxyl groups excluding tert-OH is 1. The molecule has 116 valence electrons. The van der Waals surface area contributed by atoms with Gasteiger partial charge in [0, 0.05) is 5.57 Å². The first kappa shape index (κ1) is 21.2. The third kappa shape index (κ3) is 12.6. The van der Waals surface area contributed by atoms with Crippen molar-refractivity contribution in [3.8, 4) is 0 Å². The van der Waals surface area contributed by atoms with E-state index in [2.05, 4.69) is 24.5 Å². The first-order valence-corrected chi connectivity index (χ1v) is 6.64. The van der Waals surface area contributed by atoms with Crippen molar-refractivity contribution < 1.29 is 14.6 Å². The number of ether oxygens (including phenoxy) is 1. The molecule has 0 heterocycles. The summed E-state index contributed by atoms with van der Waals surface area (Å²) in [5.74, 6) is -0.347. The Morgan fingerprint density at radius 1 is 1.29 bits per heavy atom. The van der Waals surface area contributed by atoms with E-state index in [1.165, 1.54) is 7.11 Å². The number of carbonyl (C=O) groups is 1. The number of methoxy groups -OCH3 is 1. The van der Waals surface area contributed by atoms with Gasteiger partial charge in [0.1, 0.15) is 0 Å². The van der Waals surface area contributed by atoms with E-state index in [-0.39, 0.29) is 12.1 Å². The van der Waals surface area contributed by atoms with Crippen LogP contribution < -0.4 is 0 Å². The zero-order chi connectivity index (χ0) is 16.7. The Bertz CT molecular complexity index is 415. The number of allylic oxidation sites excluding steroid dienone is 2. The summed E-state index contributed by atoms with van der Waals surface area (Å²) >= 11 is 0. The molecule has 0 bridgehead atoms. The van der Waals surface area contributed by atoms with Crippen LogP contribution in [0.25, 0.3) is 0 Å². The van der Waals surface area contributed by atoms with Gasteiger partial charge in [-0.15, -0.1) is 0 Å². The topological polar surface area (TPSA) is 46.5 Å². The number of benzene rings is 1. The molecule has 0 aliphatic heterocycles. The van der Waals surface area contributed by atoms with E-state index in [0.717, 1.165) is 12.0 Å². The van der Waals surface area contributed by atoms with Crippen LogP contribution in [0.1, 0.15) is 31.9 Å². The molecule has 3 nitrogen and oxygen atoms in total. The summed E-state index contributed by atoms with van der Waals surface area (Å²) < 4.78 is 4.27. The Balaban J connectivity index is 0. The van der Waals surface area contributed by atoms with Crippen molar-refractivity contribution in [1.29, 1.82) is 0 Å². The van der Waals surface area contributed by atoms with E-state index in [9.17, 15) is 9.90 Å². The third-order valence-electron chi connectivity index (χ3n) is 2.27. The molecule has 1 atom stereocenters. The molecule has 0 fully saturated rings. The van der Waals surface area contributed by atoms with E-state index in [4.69, 9.17) is 0 Å². The van der Waals surface area contributed by atoms with Gasteiger partial charge >= 0.3 is 5.97 Å². The average Bonchev–Trinajstić information content (AvgIpc) is 2.54. The van der Waals surface area contributed by atoms with Crippen LogP contribution >= 0.6 is 0 Å². The minimum absolute atomic E-state index is 0.291. The van der Waals surface area contributed by atoms with Crippen LogP contribution in [0.3, 0.4) is 0 Å². The van der Waals surface area contributed by atoms with E-state index >= 15 is 0 Å². The fourth-order valence-electron chi connectivity index (χ4n) is 1.09. The second-order valence-corrected chi connectivity index (χ2v) is 4.08. The Labute approximate surface area is 128 Å². The molecule has 1 aromatic carbocycles. The van der Waals surface area contributed by atoms with Gasteiger partial charge in [0.25, 0.3) is 0 Å². The van der Waals surface area contributed by atoms with E-state index in [1.807, 2.05) is 37.3 Å². The molecule has 0 amide bonds. The molecule has 1 aromatic rings. The average molecular weight is 290 g/mol. The second-order valence-electron chi connectivity index (χ2n) is 4.08. The van der Waals surface area contributed by atoms with E-state index in [0.29, 0.717) is 5.57 Å². The predicted octanol–water partition coefficient (Wildman–Crippen LogP) is 4.22. The number of hydrogen-bond donors (Lipinski definition) is 1. The Hall–Kier alpha value is -2.13. The monoisotopic (exact) mass is 290 g/mol. The lowest BCUT2D eigenvalue weighted by atomic mass is 10.1. The van der Waals surface area contributed by atoms with Crippen LogP contribution in [0.4, 0.5) is 0 Å². The molecule has 0 saturated heterocycles. The first-order valence-electron chi connectivity index (χ1n) is 6.64. The molecular weight excluding hydrogens is 264 g/mol. The largest absolute Gasteiger partial charge is 0.466 e. The summed E-state index contributed by atoms with van der Waals surface area (Å²) in [6, 6.07) is 9.70. The second kappa shape index (κ2) is 14.3. The molecule has 0 aliphatic carbocycles. The molecule has 0 aromatic heterocycles. The van der Waals surface area contributed by atoms with Gasteiger partial charge in [0.05, 0.1) is 13.2 Å². The van der Waals surface area contributed by atoms with E-state index in [1.54, 1.807) is 19.1 Å². The SMILES string of the molecule is C=C(C)C(=O)OC.C=CC=C.CCC(O)c1ccccc1. The van der Waals surface area contributed by atoms with Crippen LogP contribution in [0.5, 0.6) is 0 Å². The van der Waals surface area contributed by atoms with Crippen molar-refractivity contribution in [2.75, 3.05) is 7.11 Å². The number of carbonyl (C=O) groups excluding carboxylic acids is 1. The van der Waals surface area contributed by atoms with Crippen molar-refractivity contribution in [1.82, 2.24) is 0 Å². The first-order chi connectivity index (χ1) is 9.94. The maximum atomic E-state index is 10.2. The van der Waals surface area contributed by atoms with Crippen LogP contribution in [-0.2, 0) is 9.53 Å². The lowest BCUT2D eigenvalue weighted by Gasteiger charge is -2.05. The Morgan fingerprint density at radius 3 is 2.00 bits per heavy atom. The van der Waals surface area contributed by atoms with Crippen LogP contribution in [0, 0.1) is 0 Å². The number of esters is 1. The molecule has 3 heteroatoms. The van der Waals surface area contributed by atoms with Gasteiger partial charge in [-0.2, -0.15) is 0 Å². The number of hydrogen-bond acceptors (Lipinski definition) is 3. The van der Waals surface area contributed by atoms with Gasteiger partial charge < -0.3 is 9.84 Å². The maximum absolute atomic E-state index is 10.2. The van der Waals surface area contributed by atoms with Gasteiger partial charge in [-0.3, -0.25) is 0 Å². The highest BCUT2D eigenvalue weighted by Crippen LogP contribution is 2.14. The van der Waals surface area contributed by atoms with Crippen LogP contribution in [0.2, 0.25) is 0 Å². The van der Waals surface area contributed by atoms with Gasteiger partial charge in [0.15, 0.2) is 0 Å². The molecular formula is C18H26O3. The molecule has 1 unspecified atom stereocenters. The quantitative estimate of drug-likeness (QED) is 0.513. The molecule has 1 N–H and O–H groups in total. The Kier molecular flexibility index (Phi) is 14.4. The zero-order valence-corrected chi connectivity index (χ0v) is 13.2. The smallest absolute Gasteiger partial charge is 0.332 e. The highest BCUT2D eigenvalue weighted by atomic mass is 16.5. The maximum Gasteiger partial charge on any atom is 0.332 e. The lowest BCUT2D eigenvalue weighted by molar-refractivity contribution is -0.136. The molecule has 21 heavy (non-hydrogen) atoms. The molecule has 0 radical (unpaired) electrons. The normalized spacial score (nSPS) is 9.71. The van der Waals surface area contributed by atoms with Crippen LogP contribution in [-0.4, -0.2) is 18.2 Å². The number of rotatable bonds is 4. The van der Waals surface area contributed by atoms with Crippen molar-refractivity contribution in [3.63, 3.8) is 0 Å². The number of aliphatic hydroxyl groups is 1. The summed E-state index contributed by atoms with van der Waals surface area (Å²) in [4.78, 5) is 10.2. The summed E-state index contributed by atoms with van der Waals surface area (Å²) in [6.45, 7) is 13.6. The van der Waals surface area contributed by atoms with Crippen molar-refractivity contribution in [2.24, 2.45) is 0 Å². The predicted molar refractivity (Wildman–Crippen MR) is 88.9 cm³/mol. The minimum Gasteiger partial charge on any atom is -0.466 e. The summed E-state index contributed by atoms with van der Waals surface area (Å²) in [6.07, 6.45) is 3.77. The summed E-state index contributed by atoms with van der Waals surface area (Å²) in [5.41, 5.74) is 1.44. The fourth-order valence-corrected chi connectivity index (χ4v) is 1.09. The minimum atomic E-state index is -0.347. The summed E-state index contributed by atoms with van der Waals surface area (Å²) in [5, 5.41) is 9.33. The van der Waals surface area contributed by atoms with Gasteiger partial charge in [-0.1, -0.05) is 69.1 Å². The highest BCUT2D eigenvalue weighted by molar-refractivity contribution is 5.86. The van der Waals surface area contributed by atoms with Crippen LogP contribution in [0.15, 0.2) is 67.8 Å². The molecule has 0 spiro atoms. The van der Waals surface area contributed by atoms with Crippen molar-refractivity contribution in [3.05, 3.63) is 73.4 Å². The Morgan fingerprint density at radius 2 is 1.76 bits per heavy atom. The third-order valence-corrected chi connectivity index (χ3v) is 2.27. The molecule has 0 saturated carbocycles. The summed E-state index contributed by atoms with van der Waals surface area (Å²) in [7, 11) is 1.33. The fraction of sp³-hybridized carbons (Fsp3) is 0.278. The van der Waals surface area contributed by atoms with E-state index < -0.39 is 0 Å². The van der Waals surface area contributed by atoms with Gasteiger partial charge in [0.2, 0.25) is 0 Å². The van der Waals surface area contributed by atoms with Crippen molar-refractivity contribution >= 4 is 5.97 Å². The molecule has 1 rings (SSSR count). The highest BCUT2D eigenvalue weighted by Gasteiger charge is 2.00. The van der Waals surface area contributed by atoms with Gasteiger partial charge in [-0.25, -0.2) is 4.79 Å². The van der Waals surface area contributed by atoms with Crippen molar-refractivity contribution in [2.45, 2.75) is 26.4 Å². The van der Waals surface area contributed by atoms with Gasteiger partial charge in [-0.05, 0) is 18.9 Å². The molecule has 0 aliphatic rings.